The third-order valence-corrected chi connectivity index (χ3v) is 0. The Morgan fingerprint density at radius 2 is 1.33 bits per heavy atom. The molecule has 6 heavy (non-hydrogen) atoms. The number of hydrogen-bond donors (Lipinski definition) is 2. The first-order valence-electron chi connectivity index (χ1n) is 0.365. The predicted octanol–water partition coefficient (Wildman–Crippen LogP) is 0.572. The van der Waals surface area contributed by atoms with Crippen molar-refractivity contribution in [2.45, 2.75) is 0 Å². The Morgan fingerprint density at radius 1 is 1.33 bits per heavy atom. The summed E-state index contributed by atoms with van der Waals surface area (Å²) in [5, 5.41) is 9.00. The van der Waals surface area contributed by atoms with E-state index >= 15 is 0 Å². The maximum absolute atomic E-state index is 8.00. The van der Waals surface area contributed by atoms with Gasteiger partial charge in [0.1, 0.15) is 0 Å². The van der Waals surface area contributed by atoms with Crippen molar-refractivity contribution in [3.05, 3.63) is 10.1 Å². The first kappa shape index (κ1) is 37.4. The molecule has 0 aromatic heterocycles. The largest absolute Gasteiger partial charge is 2.00 e. The Morgan fingerprint density at radius 3 is 1.33 bits per heavy atom. The van der Waals surface area contributed by atoms with Crippen LogP contribution in [0.1, 0.15) is 0 Å². The molecular weight excluding hydrogens is 269 g/mol. The maximum atomic E-state index is 8.00. The van der Waals surface area contributed by atoms with E-state index in [9.17, 15) is 0 Å². The van der Waals surface area contributed by atoms with E-state index in [1.165, 1.54) is 0 Å². The Bertz CT molecular complexity index is 16.3. The van der Waals surface area contributed by atoms with Gasteiger partial charge in [-0.3, -0.25) is 0 Å². The summed E-state index contributed by atoms with van der Waals surface area (Å²) in [6, 6.07) is 0. The van der Waals surface area contributed by atoms with E-state index in [0.717, 1.165) is 5.34 Å². The summed E-state index contributed by atoms with van der Waals surface area (Å²) in [6.07, 6.45) is 0. The van der Waals surface area contributed by atoms with Crippen LogP contribution in [-0.4, -0.2) is 0 Å². The summed E-state index contributed by atoms with van der Waals surface area (Å²) in [7, 11) is 0. The summed E-state index contributed by atoms with van der Waals surface area (Å²) in [5.74, 6) is 0. The van der Waals surface area contributed by atoms with Crippen molar-refractivity contribution >= 4 is 0 Å². The van der Waals surface area contributed by atoms with E-state index in [-0.39, 0.29) is 33.4 Å². The van der Waals surface area contributed by atoms with E-state index in [0.29, 0.717) is 0 Å². The molecule has 0 aliphatic heterocycles. The molecule has 0 unspecified atom stereocenters. The van der Waals surface area contributed by atoms with Gasteiger partial charge in [-0.1, -0.05) is 0 Å². The molecule has 0 aromatic rings. The van der Waals surface area contributed by atoms with Crippen molar-refractivity contribution < 1.29 is 21.1 Å². The van der Waals surface area contributed by atoms with E-state index in [4.69, 9.17) is 10.1 Å². The average Bonchev–Trinajstić information content (AvgIpc) is 0.918. The van der Waals surface area contributed by atoms with Gasteiger partial charge < -0.3 is 22.4 Å². The van der Waals surface area contributed by atoms with Crippen LogP contribution in [0.3, 0.4) is 0 Å². The summed E-state index contributed by atoms with van der Waals surface area (Å²) >= 11 is 0. The van der Waals surface area contributed by atoms with Crippen molar-refractivity contribution in [2.24, 2.45) is 5.34 Å². The molecule has 0 amide bonds. The standard InChI is InChI=1S/HNO2.2H3N.Pt/c2-1-3;;;/h(H,2,3);2*1H3;/q;;;+2/p-1. The summed E-state index contributed by atoms with van der Waals surface area (Å²) in [6.45, 7) is 0. The predicted molar refractivity (Wildman–Crippen MR) is 19.2 cm³/mol. The fourth-order valence-electron chi connectivity index (χ4n) is 0. The Kier molecular flexibility index (Phi) is 493. The van der Waals surface area contributed by atoms with Crippen molar-refractivity contribution in [1.82, 2.24) is 12.3 Å². The molecule has 0 saturated carbocycles. The molecule has 0 aromatic carbocycles. The van der Waals surface area contributed by atoms with Gasteiger partial charge in [-0.05, 0) is 0 Å². The van der Waals surface area contributed by atoms with Gasteiger partial charge in [0, 0.05) is 0 Å². The van der Waals surface area contributed by atoms with Gasteiger partial charge in [-0.25, -0.2) is 0 Å². The second-order valence-electron chi connectivity index (χ2n) is 0.0745. The van der Waals surface area contributed by atoms with Crippen LogP contribution in [0.15, 0.2) is 5.34 Å². The van der Waals surface area contributed by atoms with Gasteiger partial charge >= 0.3 is 21.1 Å². The quantitative estimate of drug-likeness (QED) is 0.495. The third kappa shape index (κ3) is 525000. The van der Waals surface area contributed by atoms with Crippen LogP contribution in [-0.2, 0) is 21.1 Å². The zero-order valence-corrected chi connectivity index (χ0v) is 5.27. The molecule has 0 fully saturated rings. The van der Waals surface area contributed by atoms with Gasteiger partial charge in [0.15, 0.2) is 0 Å². The van der Waals surface area contributed by atoms with Gasteiger partial charge in [0.2, 0.25) is 0 Å². The van der Waals surface area contributed by atoms with Crippen LogP contribution < -0.4 is 12.3 Å². The fourth-order valence-corrected chi connectivity index (χ4v) is 0. The van der Waals surface area contributed by atoms with Crippen LogP contribution in [0.2, 0.25) is 0 Å². The van der Waals surface area contributed by atoms with Crippen molar-refractivity contribution in [3.63, 3.8) is 0 Å². The zero-order valence-electron chi connectivity index (χ0n) is 2.99. The minimum absolute atomic E-state index is 0. The Hall–Kier alpha value is 0.00831. The van der Waals surface area contributed by atoms with Gasteiger partial charge in [-0.2, -0.15) is 0 Å². The number of hydrogen-bond acceptors (Lipinski definition) is 5. The zero-order chi connectivity index (χ0) is 2.71. The van der Waals surface area contributed by atoms with E-state index < -0.39 is 0 Å². The summed E-state index contributed by atoms with van der Waals surface area (Å²) in [5.41, 5.74) is 0. The Balaban J connectivity index is -0.00000000667. The topological polar surface area (TPSA) is 122 Å². The molecule has 0 bridgehead atoms. The number of nitrogens with zero attached hydrogens (tertiary/aromatic N) is 1. The minimum atomic E-state index is 0. The molecule has 6 N–H and O–H groups in total. The first-order valence-corrected chi connectivity index (χ1v) is 0.365. The van der Waals surface area contributed by atoms with Crippen LogP contribution in [0.4, 0.5) is 0 Å². The number of rotatable bonds is 0. The molecule has 42 valence electrons. The molecule has 0 atom stereocenters. The van der Waals surface area contributed by atoms with Crippen molar-refractivity contribution in [1.29, 1.82) is 0 Å². The Labute approximate surface area is 49.5 Å². The van der Waals surface area contributed by atoms with Gasteiger partial charge in [0.25, 0.3) is 0 Å². The van der Waals surface area contributed by atoms with Crippen LogP contribution in [0.25, 0.3) is 0 Å². The molecule has 6 heteroatoms. The van der Waals surface area contributed by atoms with Crippen LogP contribution >= 0.6 is 0 Å². The van der Waals surface area contributed by atoms with Crippen LogP contribution in [0, 0.1) is 10.1 Å². The monoisotopic (exact) mass is 275 g/mol. The van der Waals surface area contributed by atoms with E-state index in [1.807, 2.05) is 0 Å². The van der Waals surface area contributed by atoms with Crippen molar-refractivity contribution in [3.8, 4) is 0 Å². The second-order valence-corrected chi connectivity index (χ2v) is 0.0745. The third-order valence-electron chi connectivity index (χ3n) is 0. The van der Waals surface area contributed by atoms with E-state index in [2.05, 4.69) is 0 Å². The molecule has 0 spiro atoms. The summed E-state index contributed by atoms with van der Waals surface area (Å²) in [4.78, 5) is 8.00. The van der Waals surface area contributed by atoms with Gasteiger partial charge in [0.05, 0.1) is 0 Å². The molecule has 5 nitrogen and oxygen atoms in total. The molecule has 0 radical (unpaired) electrons. The van der Waals surface area contributed by atoms with Crippen LogP contribution in [0.5, 0.6) is 0 Å². The molecular formula is H6N3O2Pt+. The molecule has 0 rings (SSSR count). The normalized spacial score (nSPS) is 2.00. The molecule has 0 aliphatic carbocycles. The first-order chi connectivity index (χ1) is 1.41. The minimum Gasteiger partial charge on any atom is -0.444 e. The maximum Gasteiger partial charge on any atom is 2.00 e. The SMILES string of the molecule is N.N.O=N[O-].[Pt+2]. The van der Waals surface area contributed by atoms with E-state index in [1.54, 1.807) is 0 Å². The van der Waals surface area contributed by atoms with Gasteiger partial charge in [-0.15, -0.1) is 5.34 Å². The smallest absolute Gasteiger partial charge is 0.444 e. The van der Waals surface area contributed by atoms with Crippen molar-refractivity contribution in [2.75, 3.05) is 0 Å². The average molecular weight is 275 g/mol. The molecule has 0 heterocycles. The second kappa shape index (κ2) is 79.1. The fraction of sp³-hybridized carbons (Fsp3) is 0. The molecule has 0 saturated heterocycles. The summed E-state index contributed by atoms with van der Waals surface area (Å²) < 4.78 is 0. The molecule has 0 aliphatic rings.